The van der Waals surface area contributed by atoms with E-state index in [0.717, 1.165) is 22.2 Å². The number of anilines is 2. The van der Waals surface area contributed by atoms with E-state index < -0.39 is 0 Å². The lowest BCUT2D eigenvalue weighted by atomic mass is 10.1. The van der Waals surface area contributed by atoms with Gasteiger partial charge < -0.3 is 25.7 Å². The van der Waals surface area contributed by atoms with E-state index in [1.165, 1.54) is 6.42 Å². The topological polar surface area (TPSA) is 99.8 Å². The normalized spacial score (nSPS) is 11.7. The van der Waals surface area contributed by atoms with Gasteiger partial charge in [-0.15, -0.1) is 0 Å². The van der Waals surface area contributed by atoms with Crippen LogP contribution in [0.1, 0.15) is 44.4 Å². The minimum absolute atomic E-state index is 0.0123. The molecular formula is C28H35N7O. The highest BCUT2D eigenvalue weighted by Gasteiger charge is 2.09. The number of aromatic amines is 1. The SMILES string of the molecule is C=C(/C=C(\NC)OCc1ccccc1)Nc1ccnc(NC(C)c2ccc3nc[nH]c3c2)n1.CCC. The number of rotatable bonds is 10. The Labute approximate surface area is 212 Å². The Morgan fingerprint density at radius 1 is 1.11 bits per heavy atom. The molecule has 4 aromatic rings. The molecule has 0 radical (unpaired) electrons. The average Bonchev–Trinajstić information content (AvgIpc) is 3.36. The van der Waals surface area contributed by atoms with Gasteiger partial charge in [-0.2, -0.15) is 4.98 Å². The summed E-state index contributed by atoms with van der Waals surface area (Å²) in [6.45, 7) is 10.8. The summed E-state index contributed by atoms with van der Waals surface area (Å²) in [5.41, 5.74) is 4.76. The summed E-state index contributed by atoms with van der Waals surface area (Å²) in [5, 5.41) is 9.57. The molecule has 2 heterocycles. The monoisotopic (exact) mass is 485 g/mol. The lowest BCUT2D eigenvalue weighted by molar-refractivity contribution is 0.182. The summed E-state index contributed by atoms with van der Waals surface area (Å²) in [5.74, 6) is 1.75. The zero-order valence-electron chi connectivity index (χ0n) is 21.4. The second kappa shape index (κ2) is 13.5. The van der Waals surface area contributed by atoms with Crippen LogP contribution in [-0.2, 0) is 11.3 Å². The van der Waals surface area contributed by atoms with Crippen molar-refractivity contribution in [3.05, 3.63) is 102 Å². The molecule has 4 N–H and O–H groups in total. The van der Waals surface area contributed by atoms with Crippen LogP contribution in [0.5, 0.6) is 0 Å². The van der Waals surface area contributed by atoms with Crippen LogP contribution in [0.2, 0.25) is 0 Å². The van der Waals surface area contributed by atoms with Gasteiger partial charge in [0.1, 0.15) is 12.4 Å². The number of ether oxygens (including phenoxy) is 1. The van der Waals surface area contributed by atoms with Gasteiger partial charge in [-0.3, -0.25) is 0 Å². The molecule has 0 amide bonds. The Balaban J connectivity index is 0.00000115. The van der Waals surface area contributed by atoms with Gasteiger partial charge in [0, 0.05) is 25.0 Å². The maximum atomic E-state index is 5.83. The van der Waals surface area contributed by atoms with Crippen molar-refractivity contribution in [1.29, 1.82) is 0 Å². The minimum atomic E-state index is 0.0123. The number of fused-ring (bicyclic) bond motifs is 1. The molecule has 0 saturated carbocycles. The summed E-state index contributed by atoms with van der Waals surface area (Å²) in [6.07, 6.45) is 6.43. The second-order valence-electron chi connectivity index (χ2n) is 8.20. The van der Waals surface area contributed by atoms with Crippen molar-refractivity contribution in [1.82, 2.24) is 25.3 Å². The fraction of sp³-hybridized carbons (Fsp3) is 0.250. The molecule has 0 aliphatic heterocycles. The number of hydrogen-bond donors (Lipinski definition) is 4. The Kier molecular flexibility index (Phi) is 9.88. The smallest absolute Gasteiger partial charge is 0.225 e. The highest BCUT2D eigenvalue weighted by atomic mass is 16.5. The highest BCUT2D eigenvalue weighted by molar-refractivity contribution is 5.75. The molecule has 0 spiro atoms. The predicted molar refractivity (Wildman–Crippen MR) is 147 cm³/mol. The first-order valence-corrected chi connectivity index (χ1v) is 12.1. The molecule has 188 valence electrons. The van der Waals surface area contributed by atoms with Crippen LogP contribution in [0.3, 0.4) is 0 Å². The summed E-state index contributed by atoms with van der Waals surface area (Å²) < 4.78 is 5.83. The number of aromatic nitrogens is 4. The molecule has 8 heteroatoms. The first kappa shape index (κ1) is 26.3. The van der Waals surface area contributed by atoms with Crippen molar-refractivity contribution < 1.29 is 4.74 Å². The van der Waals surface area contributed by atoms with E-state index in [9.17, 15) is 0 Å². The lowest BCUT2D eigenvalue weighted by Crippen LogP contribution is -2.12. The van der Waals surface area contributed by atoms with Crippen LogP contribution < -0.4 is 16.0 Å². The fourth-order valence-corrected chi connectivity index (χ4v) is 3.28. The van der Waals surface area contributed by atoms with Gasteiger partial charge in [-0.1, -0.05) is 63.2 Å². The number of hydrogen-bond acceptors (Lipinski definition) is 7. The number of nitrogens with zero attached hydrogens (tertiary/aromatic N) is 3. The van der Waals surface area contributed by atoms with Crippen molar-refractivity contribution in [3.8, 4) is 0 Å². The molecular weight excluding hydrogens is 450 g/mol. The van der Waals surface area contributed by atoms with Crippen LogP contribution in [0, 0.1) is 0 Å². The quantitative estimate of drug-likeness (QED) is 0.158. The molecule has 2 aromatic heterocycles. The largest absolute Gasteiger partial charge is 0.474 e. The molecule has 4 rings (SSSR count). The van der Waals surface area contributed by atoms with Gasteiger partial charge in [-0.05, 0) is 36.2 Å². The number of imidazole rings is 1. The summed E-state index contributed by atoms with van der Waals surface area (Å²) >= 11 is 0. The van der Waals surface area contributed by atoms with Crippen LogP contribution in [0.15, 0.2) is 91.4 Å². The van der Waals surface area contributed by atoms with E-state index in [1.807, 2.05) is 42.5 Å². The van der Waals surface area contributed by atoms with E-state index in [2.05, 4.69) is 69.3 Å². The van der Waals surface area contributed by atoms with E-state index in [-0.39, 0.29) is 6.04 Å². The predicted octanol–water partition coefficient (Wildman–Crippen LogP) is 6.15. The van der Waals surface area contributed by atoms with Crippen LogP contribution in [0.4, 0.5) is 11.8 Å². The summed E-state index contributed by atoms with van der Waals surface area (Å²) in [6, 6.07) is 17.9. The molecule has 0 saturated heterocycles. The molecule has 2 aromatic carbocycles. The number of benzene rings is 2. The molecule has 0 fully saturated rings. The van der Waals surface area contributed by atoms with Gasteiger partial charge in [-0.25, -0.2) is 9.97 Å². The molecule has 0 aliphatic rings. The Bertz CT molecular complexity index is 1270. The van der Waals surface area contributed by atoms with E-state index >= 15 is 0 Å². The van der Waals surface area contributed by atoms with Gasteiger partial charge in [0.2, 0.25) is 5.95 Å². The number of nitrogens with one attached hydrogen (secondary N) is 4. The number of allylic oxidation sites excluding steroid dienone is 1. The third kappa shape index (κ3) is 7.87. The van der Waals surface area contributed by atoms with Gasteiger partial charge in [0.05, 0.1) is 23.4 Å². The van der Waals surface area contributed by atoms with E-state index in [4.69, 9.17) is 4.74 Å². The minimum Gasteiger partial charge on any atom is -0.474 e. The highest BCUT2D eigenvalue weighted by Crippen LogP contribution is 2.21. The Hall–Kier alpha value is -4.33. The number of H-pyrrole nitrogens is 1. The lowest BCUT2D eigenvalue weighted by Gasteiger charge is -2.15. The first-order chi connectivity index (χ1) is 17.5. The van der Waals surface area contributed by atoms with Crippen molar-refractivity contribution in [2.75, 3.05) is 17.7 Å². The van der Waals surface area contributed by atoms with Gasteiger partial charge in [0.25, 0.3) is 0 Å². The van der Waals surface area contributed by atoms with Crippen molar-refractivity contribution >= 4 is 22.8 Å². The summed E-state index contributed by atoms with van der Waals surface area (Å²) in [4.78, 5) is 16.3. The second-order valence-corrected chi connectivity index (χ2v) is 8.20. The van der Waals surface area contributed by atoms with Crippen molar-refractivity contribution in [2.45, 2.75) is 39.8 Å². The standard InChI is InChI=1S/C25H27N7O.C3H8/c1-17(13-24(26-3)33-15-19-7-5-4-6-8-19)30-23-11-12-27-25(32-23)31-18(2)20-9-10-21-22(14-20)29-16-28-21;1-3-2/h4-14,16,18,26H,1,15H2,2-3H3,(H,28,29)(H2,27,30,31,32);3H2,1-2H3/b24-13+;. The third-order valence-electron chi connectivity index (χ3n) is 5.02. The van der Waals surface area contributed by atoms with Gasteiger partial charge >= 0.3 is 0 Å². The maximum Gasteiger partial charge on any atom is 0.225 e. The first-order valence-electron chi connectivity index (χ1n) is 12.1. The molecule has 8 nitrogen and oxygen atoms in total. The van der Waals surface area contributed by atoms with E-state index in [1.54, 1.807) is 31.7 Å². The van der Waals surface area contributed by atoms with Crippen LogP contribution in [-0.4, -0.2) is 27.0 Å². The molecule has 36 heavy (non-hydrogen) atoms. The molecule has 0 aliphatic carbocycles. The van der Waals surface area contributed by atoms with E-state index in [0.29, 0.717) is 30.0 Å². The van der Waals surface area contributed by atoms with Crippen LogP contribution in [0.25, 0.3) is 11.0 Å². The Morgan fingerprint density at radius 3 is 2.64 bits per heavy atom. The summed E-state index contributed by atoms with van der Waals surface area (Å²) in [7, 11) is 1.80. The van der Waals surface area contributed by atoms with Crippen molar-refractivity contribution in [3.63, 3.8) is 0 Å². The van der Waals surface area contributed by atoms with Crippen molar-refractivity contribution in [2.24, 2.45) is 0 Å². The molecule has 1 unspecified atom stereocenters. The average molecular weight is 486 g/mol. The molecule has 0 bridgehead atoms. The van der Waals surface area contributed by atoms with Crippen LogP contribution >= 0.6 is 0 Å². The fourth-order valence-electron chi connectivity index (χ4n) is 3.28. The zero-order chi connectivity index (χ0) is 25.8. The Morgan fingerprint density at radius 2 is 1.89 bits per heavy atom. The third-order valence-corrected chi connectivity index (χ3v) is 5.02. The van der Waals surface area contributed by atoms with Gasteiger partial charge in [0.15, 0.2) is 5.88 Å². The maximum absolute atomic E-state index is 5.83. The molecule has 1 atom stereocenters. The zero-order valence-corrected chi connectivity index (χ0v) is 21.4.